The summed E-state index contributed by atoms with van der Waals surface area (Å²) >= 11 is 0. The lowest BCUT2D eigenvalue weighted by Gasteiger charge is -2.47. The van der Waals surface area contributed by atoms with Crippen molar-refractivity contribution in [3.8, 4) is 0 Å². The zero-order chi connectivity index (χ0) is 23.5. The van der Waals surface area contributed by atoms with E-state index in [-0.39, 0.29) is 42.1 Å². The third kappa shape index (κ3) is 3.32. The maximum atomic E-state index is 14.9. The van der Waals surface area contributed by atoms with Crippen molar-refractivity contribution in [3.63, 3.8) is 0 Å². The highest BCUT2D eigenvalue weighted by Crippen LogP contribution is 2.60. The van der Waals surface area contributed by atoms with E-state index in [1.54, 1.807) is 12.1 Å². The van der Waals surface area contributed by atoms with Crippen molar-refractivity contribution in [3.05, 3.63) is 24.0 Å². The topological polar surface area (TPSA) is 70.2 Å². The van der Waals surface area contributed by atoms with Crippen LogP contribution in [0, 0.1) is 22.6 Å². The van der Waals surface area contributed by atoms with Crippen molar-refractivity contribution in [1.82, 2.24) is 4.90 Å². The van der Waals surface area contributed by atoms with E-state index in [1.165, 1.54) is 15.9 Å². The van der Waals surface area contributed by atoms with Crippen LogP contribution in [0.1, 0.15) is 52.9 Å². The van der Waals surface area contributed by atoms with Crippen molar-refractivity contribution in [2.45, 2.75) is 59.0 Å². The fraction of sp³-hybridized carbons (Fsp3) is 0.640. The number of anilines is 2. The van der Waals surface area contributed by atoms with Crippen LogP contribution in [-0.2, 0) is 14.3 Å². The van der Waals surface area contributed by atoms with Crippen LogP contribution < -0.4 is 9.80 Å². The first-order valence-electron chi connectivity index (χ1n) is 12.0. The summed E-state index contributed by atoms with van der Waals surface area (Å²) in [5, 5.41) is 0. The number of amides is 3. The number of ether oxygens (including phenoxy) is 1. The van der Waals surface area contributed by atoms with Crippen molar-refractivity contribution in [1.29, 1.82) is 0 Å². The van der Waals surface area contributed by atoms with Gasteiger partial charge in [0.05, 0.1) is 29.9 Å². The molecule has 5 rings (SSSR count). The number of nitrogens with zero attached hydrogens (tertiary/aromatic N) is 3. The number of hydrogen-bond acceptors (Lipinski definition) is 5. The first-order valence-corrected chi connectivity index (χ1v) is 12.0. The number of hydrogen-bond donors (Lipinski definition) is 0. The maximum Gasteiger partial charge on any atom is 0.414 e. The molecule has 0 aromatic heterocycles. The Balaban J connectivity index is 1.30. The van der Waals surface area contributed by atoms with E-state index in [1.807, 2.05) is 25.7 Å². The van der Waals surface area contributed by atoms with Gasteiger partial charge in [-0.3, -0.25) is 19.4 Å². The Labute approximate surface area is 193 Å². The quantitative estimate of drug-likeness (QED) is 0.641. The van der Waals surface area contributed by atoms with Gasteiger partial charge in [-0.15, -0.1) is 0 Å². The highest BCUT2D eigenvalue weighted by atomic mass is 19.1. The SMILES string of the molecule is CC12CCC(C(=O)N(C[C@H]3CN(c4ccc(N5CCCCC5)c(F)c4)C(=O)O3)C1=O)C2(C)C. The maximum absolute atomic E-state index is 14.9. The molecule has 3 aliphatic heterocycles. The van der Waals surface area contributed by atoms with Crippen LogP contribution in [0.25, 0.3) is 0 Å². The lowest BCUT2D eigenvalue weighted by Crippen LogP contribution is -2.60. The van der Waals surface area contributed by atoms with Crippen LogP contribution in [0.2, 0.25) is 0 Å². The molecule has 1 aliphatic carbocycles. The highest BCUT2D eigenvalue weighted by Gasteiger charge is 2.64. The number of rotatable bonds is 4. The molecular weight excluding hydrogens is 425 g/mol. The summed E-state index contributed by atoms with van der Waals surface area (Å²) in [6.45, 7) is 7.81. The molecule has 8 heteroatoms. The van der Waals surface area contributed by atoms with E-state index in [4.69, 9.17) is 4.74 Å². The highest BCUT2D eigenvalue weighted by molar-refractivity contribution is 6.04. The third-order valence-electron chi connectivity index (χ3n) is 8.71. The predicted octanol–water partition coefficient (Wildman–Crippen LogP) is 3.95. The Morgan fingerprint density at radius 2 is 1.82 bits per heavy atom. The minimum Gasteiger partial charge on any atom is -0.442 e. The van der Waals surface area contributed by atoms with Crippen molar-refractivity contribution in [2.75, 3.05) is 36.0 Å². The number of fused-ring (bicyclic) bond motifs is 2. The number of benzene rings is 1. The molecule has 0 N–H and O–H groups in total. The van der Waals surface area contributed by atoms with E-state index in [0.717, 1.165) is 32.4 Å². The summed E-state index contributed by atoms with van der Waals surface area (Å²) in [6.07, 6.45) is 3.42. The van der Waals surface area contributed by atoms with Gasteiger partial charge in [-0.1, -0.05) is 20.8 Å². The lowest BCUT2D eigenvalue weighted by molar-refractivity contribution is -0.169. The van der Waals surface area contributed by atoms with Gasteiger partial charge in [0.1, 0.15) is 11.9 Å². The molecular formula is C25H32FN3O4. The summed E-state index contributed by atoms with van der Waals surface area (Å²) in [6, 6.07) is 4.82. The van der Waals surface area contributed by atoms with Crippen LogP contribution >= 0.6 is 0 Å². The molecule has 2 bridgehead atoms. The number of likely N-dealkylation sites (tertiary alicyclic amines) is 1. The van der Waals surface area contributed by atoms with Crippen LogP contribution in [0.4, 0.5) is 20.6 Å². The molecule has 178 valence electrons. The molecule has 7 nitrogen and oxygen atoms in total. The number of imide groups is 1. The van der Waals surface area contributed by atoms with Crippen molar-refractivity contribution < 1.29 is 23.5 Å². The molecule has 3 amide bonds. The molecule has 0 spiro atoms. The average molecular weight is 458 g/mol. The molecule has 1 saturated carbocycles. The molecule has 4 fully saturated rings. The molecule has 4 aliphatic rings. The van der Waals surface area contributed by atoms with Gasteiger partial charge in [-0.2, -0.15) is 0 Å². The lowest BCUT2D eigenvalue weighted by atomic mass is 9.62. The minimum atomic E-state index is -0.639. The fourth-order valence-electron chi connectivity index (χ4n) is 6.16. The summed E-state index contributed by atoms with van der Waals surface area (Å²) in [5.74, 6) is -0.923. The number of carbonyl (C=O) groups is 3. The first-order chi connectivity index (χ1) is 15.6. The second-order valence-electron chi connectivity index (χ2n) is 10.7. The van der Waals surface area contributed by atoms with E-state index >= 15 is 0 Å². The summed E-state index contributed by atoms with van der Waals surface area (Å²) in [7, 11) is 0. The Morgan fingerprint density at radius 1 is 1.09 bits per heavy atom. The molecule has 1 aromatic carbocycles. The molecule has 3 atom stereocenters. The van der Waals surface area contributed by atoms with Crippen LogP contribution in [-0.4, -0.2) is 55.1 Å². The van der Waals surface area contributed by atoms with E-state index in [2.05, 4.69) is 0 Å². The Morgan fingerprint density at radius 3 is 2.52 bits per heavy atom. The van der Waals surface area contributed by atoms with Gasteiger partial charge >= 0.3 is 6.09 Å². The second-order valence-corrected chi connectivity index (χ2v) is 10.7. The van der Waals surface area contributed by atoms with Gasteiger partial charge in [0, 0.05) is 19.0 Å². The third-order valence-corrected chi connectivity index (χ3v) is 8.71. The molecule has 0 radical (unpaired) electrons. The van der Waals surface area contributed by atoms with E-state index in [0.29, 0.717) is 24.2 Å². The monoisotopic (exact) mass is 457 g/mol. The second kappa shape index (κ2) is 7.71. The Hall–Kier alpha value is -2.64. The smallest absolute Gasteiger partial charge is 0.414 e. The average Bonchev–Trinajstić information content (AvgIpc) is 3.24. The van der Waals surface area contributed by atoms with Crippen molar-refractivity contribution >= 4 is 29.3 Å². The van der Waals surface area contributed by atoms with Gasteiger partial charge in [-0.05, 0) is 55.7 Å². The van der Waals surface area contributed by atoms with Gasteiger partial charge in [0.15, 0.2) is 0 Å². The molecule has 3 heterocycles. The number of halogens is 1. The minimum absolute atomic E-state index is 0.0381. The number of cyclic esters (lactones) is 1. The summed E-state index contributed by atoms with van der Waals surface area (Å²) in [5.41, 5.74) is -0.00559. The zero-order valence-electron chi connectivity index (χ0n) is 19.6. The standard InChI is InChI=1S/C25H32FN3O4/c1-24(2)18-9-10-25(24,3)22(31)29(21(18)30)15-17-14-28(23(32)33-17)16-7-8-20(19(26)13-16)27-11-5-4-6-12-27/h7-8,13,17-18H,4-6,9-12,14-15H2,1-3H3/t17-,18?,25?/m1/s1. The van der Waals surface area contributed by atoms with E-state index < -0.39 is 17.6 Å². The van der Waals surface area contributed by atoms with E-state index in [9.17, 15) is 18.8 Å². The normalized spacial score (nSPS) is 31.4. The molecule has 1 aromatic rings. The Kier molecular flexibility index (Phi) is 5.18. The zero-order valence-corrected chi connectivity index (χ0v) is 19.6. The predicted molar refractivity (Wildman–Crippen MR) is 121 cm³/mol. The fourth-order valence-corrected chi connectivity index (χ4v) is 6.16. The number of piperidine rings is 2. The van der Waals surface area contributed by atoms with Crippen LogP contribution in [0.3, 0.4) is 0 Å². The number of carbonyl (C=O) groups excluding carboxylic acids is 3. The van der Waals surface area contributed by atoms with Crippen molar-refractivity contribution in [2.24, 2.45) is 16.7 Å². The van der Waals surface area contributed by atoms with Gasteiger partial charge in [0.2, 0.25) is 11.8 Å². The van der Waals surface area contributed by atoms with Crippen LogP contribution in [0.15, 0.2) is 18.2 Å². The van der Waals surface area contributed by atoms with Gasteiger partial charge in [-0.25, -0.2) is 9.18 Å². The van der Waals surface area contributed by atoms with Gasteiger partial charge < -0.3 is 9.64 Å². The van der Waals surface area contributed by atoms with Crippen LogP contribution in [0.5, 0.6) is 0 Å². The largest absolute Gasteiger partial charge is 0.442 e. The molecule has 2 unspecified atom stereocenters. The summed E-state index contributed by atoms with van der Waals surface area (Å²) in [4.78, 5) is 43.7. The first kappa shape index (κ1) is 22.2. The summed E-state index contributed by atoms with van der Waals surface area (Å²) < 4.78 is 20.4. The Bertz CT molecular complexity index is 1010. The molecule has 3 saturated heterocycles. The van der Waals surface area contributed by atoms with Gasteiger partial charge in [0.25, 0.3) is 0 Å². The molecule has 33 heavy (non-hydrogen) atoms.